The van der Waals surface area contributed by atoms with Crippen LogP contribution in [0.5, 0.6) is 0 Å². The number of alkyl halides is 3. The van der Waals surface area contributed by atoms with E-state index in [9.17, 15) is 21.6 Å². The first-order chi connectivity index (χ1) is 12.1. The van der Waals surface area contributed by atoms with Crippen molar-refractivity contribution < 1.29 is 21.6 Å². The molecule has 3 rings (SSSR count). The van der Waals surface area contributed by atoms with Crippen LogP contribution >= 0.6 is 0 Å². The van der Waals surface area contributed by atoms with E-state index in [1.54, 1.807) is 31.2 Å². The monoisotopic (exact) mass is 381 g/mol. The predicted molar refractivity (Wildman–Crippen MR) is 93.1 cm³/mol. The zero-order valence-electron chi connectivity index (χ0n) is 13.5. The maximum atomic E-state index is 12.7. The molecule has 0 bridgehead atoms. The molecular weight excluding hydrogens is 367 g/mol. The van der Waals surface area contributed by atoms with Crippen molar-refractivity contribution in [1.29, 1.82) is 0 Å². The third kappa shape index (κ3) is 3.43. The molecule has 2 aromatic carbocycles. The standard InChI is InChI=1S/C17H14F3N3O2S/c1-10-5-6-11-3-2-4-14(16(11)22-10)23-26(24,25)15-8-7-12(9-13(15)21)17(18,19)20/h2-9,23H,21H2,1H3. The van der Waals surface area contributed by atoms with Crippen molar-refractivity contribution in [1.82, 2.24) is 4.98 Å². The third-order valence-corrected chi connectivity index (χ3v) is 5.17. The summed E-state index contributed by atoms with van der Waals surface area (Å²) in [5.74, 6) is 0. The van der Waals surface area contributed by atoms with Gasteiger partial charge in [0.1, 0.15) is 4.90 Å². The molecule has 136 valence electrons. The topological polar surface area (TPSA) is 85.1 Å². The molecule has 0 aliphatic carbocycles. The number of nitrogen functional groups attached to an aromatic ring is 1. The number of pyridine rings is 1. The van der Waals surface area contributed by atoms with Crippen LogP contribution in [0.2, 0.25) is 0 Å². The van der Waals surface area contributed by atoms with E-state index in [-0.39, 0.29) is 5.69 Å². The molecule has 0 radical (unpaired) electrons. The highest BCUT2D eigenvalue weighted by molar-refractivity contribution is 7.93. The Morgan fingerprint density at radius 2 is 1.81 bits per heavy atom. The summed E-state index contributed by atoms with van der Waals surface area (Å²) in [4.78, 5) is 3.88. The van der Waals surface area contributed by atoms with Gasteiger partial charge in [0.2, 0.25) is 0 Å². The number of nitrogens with one attached hydrogen (secondary N) is 1. The van der Waals surface area contributed by atoms with Crippen molar-refractivity contribution >= 4 is 32.3 Å². The van der Waals surface area contributed by atoms with E-state index in [0.29, 0.717) is 23.3 Å². The third-order valence-electron chi connectivity index (χ3n) is 3.73. The van der Waals surface area contributed by atoms with E-state index in [1.807, 2.05) is 0 Å². The first-order valence-corrected chi connectivity index (χ1v) is 8.92. The number of aromatic nitrogens is 1. The molecule has 1 aromatic heterocycles. The summed E-state index contributed by atoms with van der Waals surface area (Å²) in [6, 6.07) is 10.6. The van der Waals surface area contributed by atoms with Gasteiger partial charge in [-0.1, -0.05) is 18.2 Å². The summed E-state index contributed by atoms with van der Waals surface area (Å²) in [5.41, 5.74) is 5.39. The number of halogens is 3. The quantitative estimate of drug-likeness (QED) is 0.673. The highest BCUT2D eigenvalue weighted by atomic mass is 32.2. The Bertz CT molecular complexity index is 1100. The Kier molecular flexibility index (Phi) is 4.27. The second kappa shape index (κ2) is 6.17. The summed E-state index contributed by atoms with van der Waals surface area (Å²) in [6.45, 7) is 1.76. The van der Waals surface area contributed by atoms with Crippen LogP contribution in [-0.2, 0) is 16.2 Å². The van der Waals surface area contributed by atoms with E-state index in [1.165, 1.54) is 6.07 Å². The van der Waals surface area contributed by atoms with E-state index in [2.05, 4.69) is 9.71 Å². The van der Waals surface area contributed by atoms with E-state index in [0.717, 1.165) is 11.5 Å². The first-order valence-electron chi connectivity index (χ1n) is 7.44. The molecule has 0 aliphatic heterocycles. The van der Waals surface area contributed by atoms with Gasteiger partial charge in [0.15, 0.2) is 0 Å². The Morgan fingerprint density at radius 1 is 1.08 bits per heavy atom. The lowest BCUT2D eigenvalue weighted by atomic mass is 10.2. The second-order valence-electron chi connectivity index (χ2n) is 5.69. The van der Waals surface area contributed by atoms with Gasteiger partial charge < -0.3 is 5.73 Å². The number of sulfonamides is 1. The highest BCUT2D eigenvalue weighted by Crippen LogP contribution is 2.33. The number of anilines is 2. The SMILES string of the molecule is Cc1ccc2cccc(NS(=O)(=O)c3ccc(C(F)(F)F)cc3N)c2n1. The van der Waals surface area contributed by atoms with E-state index in [4.69, 9.17) is 5.73 Å². The molecule has 0 fully saturated rings. The maximum absolute atomic E-state index is 12.7. The van der Waals surface area contributed by atoms with Crippen molar-refractivity contribution in [2.75, 3.05) is 10.5 Å². The van der Waals surface area contributed by atoms with Crippen LogP contribution in [0.1, 0.15) is 11.3 Å². The molecule has 0 saturated heterocycles. The van der Waals surface area contributed by atoms with Crippen LogP contribution < -0.4 is 10.5 Å². The molecule has 1 heterocycles. The van der Waals surface area contributed by atoms with Gasteiger partial charge in [-0.25, -0.2) is 8.42 Å². The summed E-state index contributed by atoms with van der Waals surface area (Å²) in [5, 5.41) is 0.719. The van der Waals surface area contributed by atoms with Gasteiger partial charge in [-0.15, -0.1) is 0 Å². The number of hydrogen-bond donors (Lipinski definition) is 2. The van der Waals surface area contributed by atoms with Crippen molar-refractivity contribution in [2.24, 2.45) is 0 Å². The lowest BCUT2D eigenvalue weighted by Gasteiger charge is -2.14. The fourth-order valence-corrected chi connectivity index (χ4v) is 3.68. The van der Waals surface area contributed by atoms with Gasteiger partial charge in [-0.05, 0) is 37.3 Å². The molecule has 0 amide bonds. The number of para-hydroxylation sites is 1. The van der Waals surface area contributed by atoms with Gasteiger partial charge >= 0.3 is 6.18 Å². The number of nitrogens with two attached hydrogens (primary N) is 1. The lowest BCUT2D eigenvalue weighted by molar-refractivity contribution is -0.137. The largest absolute Gasteiger partial charge is 0.416 e. The van der Waals surface area contributed by atoms with Crippen LogP contribution in [0.25, 0.3) is 10.9 Å². The Morgan fingerprint density at radius 3 is 2.46 bits per heavy atom. The van der Waals surface area contributed by atoms with Crippen molar-refractivity contribution in [3.63, 3.8) is 0 Å². The van der Waals surface area contributed by atoms with Gasteiger partial charge in [-0.2, -0.15) is 13.2 Å². The number of fused-ring (bicyclic) bond motifs is 1. The average molecular weight is 381 g/mol. The average Bonchev–Trinajstić information content (AvgIpc) is 2.54. The minimum atomic E-state index is -4.61. The van der Waals surface area contributed by atoms with E-state index >= 15 is 0 Å². The summed E-state index contributed by atoms with van der Waals surface area (Å²) < 4.78 is 65.8. The minimum Gasteiger partial charge on any atom is -0.398 e. The summed E-state index contributed by atoms with van der Waals surface area (Å²) in [7, 11) is -4.19. The molecule has 0 saturated carbocycles. The molecular formula is C17H14F3N3O2S. The summed E-state index contributed by atoms with van der Waals surface area (Å²) in [6.07, 6.45) is -4.61. The maximum Gasteiger partial charge on any atom is 0.416 e. The molecule has 0 unspecified atom stereocenters. The highest BCUT2D eigenvalue weighted by Gasteiger charge is 2.32. The normalized spacial score (nSPS) is 12.3. The number of aryl methyl sites for hydroxylation is 1. The Labute approximate surface area is 147 Å². The first kappa shape index (κ1) is 18.0. The molecule has 26 heavy (non-hydrogen) atoms. The van der Waals surface area contributed by atoms with Gasteiger partial charge in [0, 0.05) is 11.1 Å². The predicted octanol–water partition coefficient (Wildman–Crippen LogP) is 3.95. The van der Waals surface area contributed by atoms with Gasteiger partial charge in [0.05, 0.1) is 22.5 Å². The van der Waals surface area contributed by atoms with Crippen molar-refractivity contribution in [3.8, 4) is 0 Å². The van der Waals surface area contributed by atoms with E-state index < -0.39 is 32.3 Å². The molecule has 3 aromatic rings. The minimum absolute atomic E-state index is 0.213. The number of hydrogen-bond acceptors (Lipinski definition) is 4. The molecule has 0 atom stereocenters. The number of rotatable bonds is 3. The van der Waals surface area contributed by atoms with Crippen LogP contribution in [0.15, 0.2) is 53.4 Å². The van der Waals surface area contributed by atoms with Crippen molar-refractivity contribution in [2.45, 2.75) is 18.0 Å². The second-order valence-corrected chi connectivity index (χ2v) is 7.34. The molecule has 0 spiro atoms. The Balaban J connectivity index is 2.04. The van der Waals surface area contributed by atoms with Gasteiger partial charge in [-0.3, -0.25) is 9.71 Å². The smallest absolute Gasteiger partial charge is 0.398 e. The van der Waals surface area contributed by atoms with Crippen LogP contribution in [0, 0.1) is 6.92 Å². The molecule has 3 N–H and O–H groups in total. The fourth-order valence-electron chi connectivity index (χ4n) is 2.50. The fraction of sp³-hybridized carbons (Fsp3) is 0.118. The number of nitrogens with zero attached hydrogens (tertiary/aromatic N) is 1. The lowest BCUT2D eigenvalue weighted by Crippen LogP contribution is -2.16. The molecule has 0 aliphatic rings. The van der Waals surface area contributed by atoms with Crippen LogP contribution in [0.3, 0.4) is 0 Å². The van der Waals surface area contributed by atoms with Gasteiger partial charge in [0.25, 0.3) is 10.0 Å². The van der Waals surface area contributed by atoms with Crippen molar-refractivity contribution in [3.05, 3.63) is 59.8 Å². The number of benzene rings is 2. The zero-order valence-corrected chi connectivity index (χ0v) is 14.3. The zero-order chi connectivity index (χ0) is 19.1. The Hall–Kier alpha value is -2.81. The molecule has 5 nitrogen and oxygen atoms in total. The van der Waals surface area contributed by atoms with Crippen LogP contribution in [0.4, 0.5) is 24.5 Å². The molecule has 9 heteroatoms. The summed E-state index contributed by atoms with van der Waals surface area (Å²) >= 11 is 0. The van der Waals surface area contributed by atoms with Crippen LogP contribution in [-0.4, -0.2) is 13.4 Å².